The van der Waals surface area contributed by atoms with Crippen molar-refractivity contribution in [2.75, 3.05) is 24.0 Å². The van der Waals surface area contributed by atoms with Gasteiger partial charge in [0, 0.05) is 18.2 Å². The molecule has 0 aromatic heterocycles. The smallest absolute Gasteiger partial charge is 0.264 e. The first kappa shape index (κ1) is 23.6. The molecule has 6 nitrogen and oxygen atoms in total. The van der Waals surface area contributed by atoms with Gasteiger partial charge in [-0.3, -0.25) is 9.10 Å². The molecular formula is C23H29ClN2O4S. The average Bonchev–Trinajstić information content (AvgIpc) is 2.79. The molecule has 2 aromatic carbocycles. The Hall–Kier alpha value is -2.09. The summed E-state index contributed by atoms with van der Waals surface area (Å²) >= 11 is 5.89. The quantitative estimate of drug-likeness (QED) is 0.529. The number of hydrogen-bond donors (Lipinski definition) is 1. The number of sulfonamides is 1. The van der Waals surface area contributed by atoms with Gasteiger partial charge in [-0.25, -0.2) is 8.42 Å². The number of carbonyl (C=O) groups is 1. The van der Waals surface area contributed by atoms with Crippen molar-refractivity contribution >= 4 is 33.2 Å². The van der Waals surface area contributed by atoms with Crippen LogP contribution in [-0.2, 0) is 19.6 Å². The van der Waals surface area contributed by atoms with Crippen molar-refractivity contribution in [3.05, 3.63) is 59.6 Å². The second-order valence-electron chi connectivity index (χ2n) is 7.64. The molecule has 0 unspecified atom stereocenters. The van der Waals surface area contributed by atoms with Crippen molar-refractivity contribution in [2.24, 2.45) is 0 Å². The van der Waals surface area contributed by atoms with Crippen molar-refractivity contribution in [3.8, 4) is 0 Å². The molecule has 2 aromatic rings. The van der Waals surface area contributed by atoms with Gasteiger partial charge in [0.1, 0.15) is 6.54 Å². The molecule has 3 rings (SSSR count). The summed E-state index contributed by atoms with van der Waals surface area (Å²) in [6.45, 7) is 0.726. The maximum Gasteiger partial charge on any atom is 0.264 e. The van der Waals surface area contributed by atoms with Crippen LogP contribution in [0.4, 0.5) is 5.69 Å². The molecule has 0 bridgehead atoms. The topological polar surface area (TPSA) is 75.7 Å². The third kappa shape index (κ3) is 6.95. The number of hydrogen-bond acceptors (Lipinski definition) is 4. The van der Waals surface area contributed by atoms with E-state index in [1.54, 1.807) is 30.3 Å². The molecule has 0 heterocycles. The van der Waals surface area contributed by atoms with Crippen LogP contribution in [0.5, 0.6) is 0 Å². The summed E-state index contributed by atoms with van der Waals surface area (Å²) in [5, 5.41) is 3.25. The van der Waals surface area contributed by atoms with E-state index in [4.69, 9.17) is 16.3 Å². The van der Waals surface area contributed by atoms with Gasteiger partial charge in [-0.15, -0.1) is 0 Å². The van der Waals surface area contributed by atoms with Crippen molar-refractivity contribution < 1.29 is 17.9 Å². The summed E-state index contributed by atoms with van der Waals surface area (Å²) in [5.41, 5.74) is 0.424. The Bertz CT molecular complexity index is 930. The van der Waals surface area contributed by atoms with Gasteiger partial charge in [0.05, 0.1) is 16.7 Å². The number of carbonyl (C=O) groups excluding carboxylic acids is 1. The van der Waals surface area contributed by atoms with E-state index in [0.717, 1.165) is 17.1 Å². The van der Waals surface area contributed by atoms with E-state index in [-0.39, 0.29) is 17.3 Å². The molecule has 1 aliphatic rings. The number of ether oxygens (including phenoxy) is 1. The molecule has 1 fully saturated rings. The number of amides is 1. The molecule has 8 heteroatoms. The maximum atomic E-state index is 13.2. The van der Waals surface area contributed by atoms with Crippen LogP contribution in [-0.4, -0.2) is 40.1 Å². The van der Waals surface area contributed by atoms with Gasteiger partial charge in [-0.1, -0.05) is 49.1 Å². The molecule has 1 amide bonds. The Balaban J connectivity index is 1.58. The lowest BCUT2D eigenvalue weighted by Crippen LogP contribution is -2.41. The Morgan fingerprint density at radius 3 is 2.39 bits per heavy atom. The van der Waals surface area contributed by atoms with Crippen LogP contribution in [0.1, 0.15) is 38.5 Å². The van der Waals surface area contributed by atoms with Crippen molar-refractivity contribution in [1.82, 2.24) is 5.32 Å². The van der Waals surface area contributed by atoms with Crippen LogP contribution in [0.3, 0.4) is 0 Å². The molecule has 168 valence electrons. The monoisotopic (exact) mass is 464 g/mol. The third-order valence-electron chi connectivity index (χ3n) is 5.28. The normalized spacial score (nSPS) is 14.9. The zero-order valence-corrected chi connectivity index (χ0v) is 19.1. The number of nitrogens with zero attached hydrogens (tertiary/aromatic N) is 1. The maximum absolute atomic E-state index is 13.2. The van der Waals surface area contributed by atoms with E-state index in [9.17, 15) is 13.2 Å². The highest BCUT2D eigenvalue weighted by Gasteiger charge is 2.27. The van der Waals surface area contributed by atoms with E-state index in [2.05, 4.69) is 5.32 Å². The fourth-order valence-corrected chi connectivity index (χ4v) is 5.16. The van der Waals surface area contributed by atoms with Crippen molar-refractivity contribution in [2.45, 2.75) is 49.5 Å². The van der Waals surface area contributed by atoms with Crippen LogP contribution >= 0.6 is 11.6 Å². The molecule has 0 radical (unpaired) electrons. The van der Waals surface area contributed by atoms with Gasteiger partial charge in [-0.2, -0.15) is 0 Å². The predicted molar refractivity (Wildman–Crippen MR) is 123 cm³/mol. The number of halogens is 1. The molecule has 0 saturated heterocycles. The highest BCUT2D eigenvalue weighted by molar-refractivity contribution is 7.92. The van der Waals surface area contributed by atoms with Gasteiger partial charge in [0.15, 0.2) is 0 Å². The molecule has 1 N–H and O–H groups in total. The second kappa shape index (κ2) is 11.5. The van der Waals surface area contributed by atoms with E-state index in [0.29, 0.717) is 36.4 Å². The first-order valence-corrected chi connectivity index (χ1v) is 12.5. The lowest BCUT2D eigenvalue weighted by atomic mass is 9.98. The predicted octanol–water partition coefficient (Wildman–Crippen LogP) is 4.39. The molecule has 31 heavy (non-hydrogen) atoms. The zero-order chi connectivity index (χ0) is 22.1. The molecule has 0 aliphatic heterocycles. The second-order valence-corrected chi connectivity index (χ2v) is 9.93. The van der Waals surface area contributed by atoms with Crippen molar-refractivity contribution in [3.63, 3.8) is 0 Å². The number of benzene rings is 2. The van der Waals surface area contributed by atoms with Crippen LogP contribution in [0.15, 0.2) is 59.5 Å². The zero-order valence-electron chi connectivity index (χ0n) is 17.5. The first-order valence-electron chi connectivity index (χ1n) is 10.7. The summed E-state index contributed by atoms with van der Waals surface area (Å²) < 4.78 is 33.4. The SMILES string of the molecule is O=C(CN(c1ccccc1)S(=O)(=O)c1ccc(Cl)cc1)NCCCOC1CCCCC1. The van der Waals surface area contributed by atoms with Gasteiger partial charge >= 0.3 is 0 Å². The number of para-hydroxylation sites is 1. The summed E-state index contributed by atoms with van der Waals surface area (Å²) in [7, 11) is -3.93. The van der Waals surface area contributed by atoms with E-state index in [1.165, 1.54) is 43.5 Å². The fraction of sp³-hybridized carbons (Fsp3) is 0.435. The van der Waals surface area contributed by atoms with Gasteiger partial charge in [0.25, 0.3) is 10.0 Å². The Morgan fingerprint density at radius 2 is 1.71 bits per heavy atom. The fourth-order valence-electron chi connectivity index (χ4n) is 3.61. The molecule has 1 saturated carbocycles. The molecule has 0 spiro atoms. The lowest BCUT2D eigenvalue weighted by molar-refractivity contribution is -0.119. The third-order valence-corrected chi connectivity index (χ3v) is 7.32. The van der Waals surface area contributed by atoms with E-state index in [1.807, 2.05) is 0 Å². The van der Waals surface area contributed by atoms with Crippen LogP contribution in [0.2, 0.25) is 5.02 Å². The summed E-state index contributed by atoms with van der Waals surface area (Å²) in [6.07, 6.45) is 6.98. The standard InChI is InChI=1S/C23H29ClN2O4S/c24-19-12-14-22(15-13-19)31(28,29)26(20-8-3-1-4-9-20)18-23(27)25-16-7-17-30-21-10-5-2-6-11-21/h1,3-4,8-9,12-15,21H,2,5-7,10-11,16-18H2,(H,25,27). The Morgan fingerprint density at radius 1 is 1.03 bits per heavy atom. The minimum Gasteiger partial charge on any atom is -0.378 e. The summed E-state index contributed by atoms with van der Waals surface area (Å²) in [5.74, 6) is -0.362. The van der Waals surface area contributed by atoms with E-state index >= 15 is 0 Å². The minimum absolute atomic E-state index is 0.0782. The summed E-state index contributed by atoms with van der Waals surface area (Å²) in [6, 6.07) is 14.5. The molecule has 1 aliphatic carbocycles. The highest BCUT2D eigenvalue weighted by atomic mass is 35.5. The highest BCUT2D eigenvalue weighted by Crippen LogP contribution is 2.24. The van der Waals surface area contributed by atoms with Gasteiger partial charge in [0.2, 0.25) is 5.91 Å². The minimum atomic E-state index is -3.93. The number of nitrogens with one attached hydrogen (secondary N) is 1. The van der Waals surface area contributed by atoms with Crippen LogP contribution in [0, 0.1) is 0 Å². The largest absolute Gasteiger partial charge is 0.378 e. The van der Waals surface area contributed by atoms with Crippen LogP contribution in [0.25, 0.3) is 0 Å². The first-order chi connectivity index (χ1) is 15.0. The van der Waals surface area contributed by atoms with E-state index < -0.39 is 10.0 Å². The van der Waals surface area contributed by atoms with Gasteiger partial charge in [-0.05, 0) is 55.7 Å². The Kier molecular flexibility index (Phi) is 8.75. The Labute approximate surface area is 189 Å². The number of rotatable bonds is 10. The molecule has 0 atom stereocenters. The summed E-state index contributed by atoms with van der Waals surface area (Å²) in [4.78, 5) is 12.6. The van der Waals surface area contributed by atoms with Crippen LogP contribution < -0.4 is 9.62 Å². The van der Waals surface area contributed by atoms with Gasteiger partial charge < -0.3 is 10.1 Å². The lowest BCUT2D eigenvalue weighted by Gasteiger charge is -2.24. The number of anilines is 1. The van der Waals surface area contributed by atoms with Crippen molar-refractivity contribution in [1.29, 1.82) is 0 Å². The molecular weight excluding hydrogens is 436 g/mol. The average molecular weight is 465 g/mol.